The average molecular weight is 309 g/mol. The molecule has 4 aliphatic rings. The Hall–Kier alpha value is -1.84. The number of rotatable bonds is 2. The molecule has 2 N–H and O–H groups in total. The van der Waals surface area contributed by atoms with E-state index in [9.17, 15) is 4.79 Å². The third kappa shape index (κ3) is 2.11. The molecule has 2 aromatic rings. The van der Waals surface area contributed by atoms with Gasteiger partial charge in [-0.05, 0) is 75.3 Å². The zero-order chi connectivity index (χ0) is 15.6. The maximum atomic E-state index is 12.9. The number of hydrogen-bond acceptors (Lipinski definition) is 2. The molecule has 1 heterocycles. The van der Waals surface area contributed by atoms with Gasteiger partial charge < -0.3 is 5.32 Å². The lowest BCUT2D eigenvalue weighted by atomic mass is 9.53. The molecule has 0 unspecified atom stereocenters. The average Bonchev–Trinajstić information content (AvgIpc) is 2.88. The van der Waals surface area contributed by atoms with E-state index in [0.717, 1.165) is 34.2 Å². The van der Waals surface area contributed by atoms with Crippen molar-refractivity contribution in [1.29, 1.82) is 0 Å². The lowest BCUT2D eigenvalue weighted by molar-refractivity contribution is -0.0167. The van der Waals surface area contributed by atoms with Crippen LogP contribution in [0.2, 0.25) is 0 Å². The third-order valence-corrected chi connectivity index (χ3v) is 6.35. The molecule has 0 aliphatic heterocycles. The number of aromatic nitrogens is 2. The highest BCUT2D eigenvalue weighted by Crippen LogP contribution is 2.55. The molecular weight excluding hydrogens is 286 g/mol. The molecule has 4 aliphatic carbocycles. The van der Waals surface area contributed by atoms with Crippen LogP contribution in [0.1, 0.15) is 54.6 Å². The molecule has 0 saturated heterocycles. The van der Waals surface area contributed by atoms with Crippen molar-refractivity contribution in [3.63, 3.8) is 0 Å². The number of amides is 1. The lowest BCUT2D eigenvalue weighted by Crippen LogP contribution is -2.59. The van der Waals surface area contributed by atoms with Crippen molar-refractivity contribution in [2.45, 2.75) is 51.0 Å². The summed E-state index contributed by atoms with van der Waals surface area (Å²) in [6.07, 6.45) is 7.68. The quantitative estimate of drug-likeness (QED) is 0.891. The van der Waals surface area contributed by atoms with Crippen molar-refractivity contribution in [2.24, 2.45) is 17.8 Å². The summed E-state index contributed by atoms with van der Waals surface area (Å²) in [7, 11) is 0. The van der Waals surface area contributed by atoms with Crippen LogP contribution in [-0.2, 0) is 0 Å². The van der Waals surface area contributed by atoms with Crippen LogP contribution in [0.4, 0.5) is 0 Å². The Morgan fingerprint density at radius 3 is 2.48 bits per heavy atom. The molecule has 4 saturated carbocycles. The minimum atomic E-state index is 0.00352. The maximum absolute atomic E-state index is 12.9. The van der Waals surface area contributed by atoms with Gasteiger partial charge >= 0.3 is 0 Å². The summed E-state index contributed by atoms with van der Waals surface area (Å²) in [4.78, 5) is 12.9. The minimum absolute atomic E-state index is 0.00352. The number of aromatic amines is 1. The molecule has 4 nitrogen and oxygen atoms in total. The minimum Gasteiger partial charge on any atom is -0.345 e. The molecule has 4 heteroatoms. The van der Waals surface area contributed by atoms with E-state index >= 15 is 0 Å². The van der Waals surface area contributed by atoms with E-state index < -0.39 is 0 Å². The maximum Gasteiger partial charge on any atom is 0.272 e. The number of aryl methyl sites for hydroxylation is 1. The first kappa shape index (κ1) is 13.6. The van der Waals surface area contributed by atoms with Gasteiger partial charge in [-0.2, -0.15) is 5.10 Å². The molecule has 6 rings (SSSR count). The van der Waals surface area contributed by atoms with E-state index in [4.69, 9.17) is 0 Å². The molecule has 0 atom stereocenters. The van der Waals surface area contributed by atoms with Crippen molar-refractivity contribution in [3.8, 4) is 0 Å². The number of nitrogens with zero attached hydrogens (tertiary/aromatic N) is 1. The van der Waals surface area contributed by atoms with Gasteiger partial charge in [-0.25, -0.2) is 0 Å². The van der Waals surface area contributed by atoms with E-state index in [-0.39, 0.29) is 11.4 Å². The highest BCUT2D eigenvalue weighted by atomic mass is 16.2. The van der Waals surface area contributed by atoms with Gasteiger partial charge in [0.1, 0.15) is 0 Å². The van der Waals surface area contributed by atoms with Gasteiger partial charge in [0.2, 0.25) is 0 Å². The first-order valence-electron chi connectivity index (χ1n) is 8.87. The molecular formula is C19H23N3O. The van der Waals surface area contributed by atoms with Crippen LogP contribution in [-0.4, -0.2) is 21.6 Å². The predicted octanol–water partition coefficient (Wildman–Crippen LogP) is 3.57. The van der Waals surface area contributed by atoms with E-state index in [0.29, 0.717) is 5.69 Å². The van der Waals surface area contributed by atoms with Crippen molar-refractivity contribution in [1.82, 2.24) is 15.5 Å². The lowest BCUT2D eigenvalue weighted by Gasteiger charge is -2.56. The van der Waals surface area contributed by atoms with Crippen LogP contribution < -0.4 is 5.32 Å². The van der Waals surface area contributed by atoms with Crippen LogP contribution in [0.25, 0.3) is 10.9 Å². The topological polar surface area (TPSA) is 57.8 Å². The summed E-state index contributed by atoms with van der Waals surface area (Å²) in [6, 6.07) is 6.09. The zero-order valence-electron chi connectivity index (χ0n) is 13.6. The molecule has 1 amide bonds. The second-order valence-corrected chi connectivity index (χ2v) is 8.27. The normalized spacial score (nSPS) is 34.9. The number of nitrogens with one attached hydrogen (secondary N) is 2. The Kier molecular flexibility index (Phi) is 2.71. The van der Waals surface area contributed by atoms with Gasteiger partial charge in [-0.3, -0.25) is 9.89 Å². The summed E-state index contributed by atoms with van der Waals surface area (Å²) < 4.78 is 0. The fourth-order valence-corrected chi connectivity index (χ4v) is 5.86. The Morgan fingerprint density at radius 1 is 1.17 bits per heavy atom. The molecule has 120 valence electrons. The smallest absolute Gasteiger partial charge is 0.272 e. The SMILES string of the molecule is Cc1ccc2[nH]nc(C(=O)NC34CC5CC(CC(C5)C3)C4)c2c1. The predicted molar refractivity (Wildman–Crippen MR) is 89.2 cm³/mol. The van der Waals surface area contributed by atoms with Gasteiger partial charge in [0.25, 0.3) is 5.91 Å². The van der Waals surface area contributed by atoms with E-state index in [2.05, 4.69) is 15.5 Å². The molecule has 23 heavy (non-hydrogen) atoms. The third-order valence-electron chi connectivity index (χ3n) is 6.35. The number of hydrogen-bond donors (Lipinski definition) is 2. The van der Waals surface area contributed by atoms with Gasteiger partial charge in [0.15, 0.2) is 5.69 Å². The second-order valence-electron chi connectivity index (χ2n) is 8.27. The summed E-state index contributed by atoms with van der Waals surface area (Å²) in [5.41, 5.74) is 2.69. The van der Waals surface area contributed by atoms with Crippen molar-refractivity contribution >= 4 is 16.8 Å². The van der Waals surface area contributed by atoms with E-state index in [1.54, 1.807) is 0 Å². The van der Waals surface area contributed by atoms with Crippen LogP contribution in [0.3, 0.4) is 0 Å². The monoisotopic (exact) mass is 309 g/mol. The van der Waals surface area contributed by atoms with E-state index in [1.165, 1.54) is 38.5 Å². The summed E-state index contributed by atoms with van der Waals surface area (Å²) in [5.74, 6) is 2.50. The van der Waals surface area contributed by atoms with Gasteiger partial charge in [0, 0.05) is 10.9 Å². The Morgan fingerprint density at radius 2 is 1.83 bits per heavy atom. The van der Waals surface area contributed by atoms with Crippen LogP contribution in [0.15, 0.2) is 18.2 Å². The second kappa shape index (κ2) is 4.59. The van der Waals surface area contributed by atoms with Crippen LogP contribution in [0, 0.1) is 24.7 Å². The van der Waals surface area contributed by atoms with Crippen LogP contribution in [0.5, 0.6) is 0 Å². The number of benzene rings is 1. The highest BCUT2D eigenvalue weighted by molar-refractivity contribution is 6.05. The van der Waals surface area contributed by atoms with Crippen molar-refractivity contribution in [3.05, 3.63) is 29.5 Å². The first-order chi connectivity index (χ1) is 11.1. The Labute approximate surface area is 136 Å². The van der Waals surface area contributed by atoms with Crippen molar-refractivity contribution in [2.75, 3.05) is 0 Å². The molecule has 0 spiro atoms. The number of H-pyrrole nitrogens is 1. The van der Waals surface area contributed by atoms with Gasteiger partial charge in [-0.15, -0.1) is 0 Å². The fraction of sp³-hybridized carbons (Fsp3) is 0.579. The molecule has 1 aromatic carbocycles. The molecule has 4 bridgehead atoms. The summed E-state index contributed by atoms with van der Waals surface area (Å²) in [6.45, 7) is 2.05. The molecule has 4 fully saturated rings. The Balaban J connectivity index is 1.46. The number of carbonyl (C=O) groups is 1. The standard InChI is InChI=1S/C19H23N3O/c1-11-2-3-16-15(4-11)17(22-21-16)18(23)20-19-8-12-5-13(9-19)7-14(6-12)10-19/h2-4,12-14H,5-10H2,1H3,(H,20,23)(H,21,22). The largest absolute Gasteiger partial charge is 0.345 e. The fourth-order valence-electron chi connectivity index (χ4n) is 5.86. The van der Waals surface area contributed by atoms with E-state index in [1.807, 2.05) is 25.1 Å². The highest BCUT2D eigenvalue weighted by Gasteiger charge is 2.51. The van der Waals surface area contributed by atoms with Gasteiger partial charge in [-0.1, -0.05) is 11.6 Å². The summed E-state index contributed by atoms with van der Waals surface area (Å²) >= 11 is 0. The van der Waals surface area contributed by atoms with Crippen molar-refractivity contribution < 1.29 is 4.79 Å². The number of carbonyl (C=O) groups excluding carboxylic acids is 1. The Bertz CT molecular complexity index is 756. The first-order valence-corrected chi connectivity index (χ1v) is 8.87. The molecule has 0 radical (unpaired) electrons. The summed E-state index contributed by atoms with van der Waals surface area (Å²) in [5, 5.41) is 11.6. The zero-order valence-corrected chi connectivity index (χ0v) is 13.6. The van der Waals surface area contributed by atoms with Crippen LogP contribution >= 0.6 is 0 Å². The number of fused-ring (bicyclic) bond motifs is 1. The molecule has 1 aromatic heterocycles. The van der Waals surface area contributed by atoms with Gasteiger partial charge in [0.05, 0.1) is 5.52 Å².